The van der Waals surface area contributed by atoms with E-state index in [2.05, 4.69) is 39.4 Å². The normalized spacial score (nSPS) is 12.6. The van der Waals surface area contributed by atoms with Crippen LogP contribution in [0.15, 0.2) is 53.0 Å². The minimum atomic E-state index is -0.243. The predicted octanol–water partition coefficient (Wildman–Crippen LogP) is 5.98. The fourth-order valence-electron chi connectivity index (χ4n) is 2.13. The van der Waals surface area contributed by atoms with Crippen LogP contribution in [0.25, 0.3) is 10.1 Å². The summed E-state index contributed by atoms with van der Waals surface area (Å²) in [5.41, 5.74) is 0.526. The number of nitrogens with one attached hydrogen (secondary N) is 1. The van der Waals surface area contributed by atoms with Crippen LogP contribution in [0.3, 0.4) is 0 Å². The fourth-order valence-corrected chi connectivity index (χ4v) is 3.53. The first-order chi connectivity index (χ1) is 9.63. The predicted molar refractivity (Wildman–Crippen MR) is 88.0 cm³/mol. The highest BCUT2D eigenvalue weighted by atomic mass is 79.9. The summed E-state index contributed by atoms with van der Waals surface area (Å²) in [6, 6.07) is 15.6. The summed E-state index contributed by atoms with van der Waals surface area (Å²) in [6.07, 6.45) is 0. The van der Waals surface area contributed by atoms with Crippen molar-refractivity contribution in [1.29, 1.82) is 0 Å². The molecular formula is C16H13BrFNS. The van der Waals surface area contributed by atoms with Crippen molar-refractivity contribution in [2.45, 2.75) is 13.0 Å². The van der Waals surface area contributed by atoms with Gasteiger partial charge in [-0.2, -0.15) is 0 Å². The van der Waals surface area contributed by atoms with Gasteiger partial charge in [-0.15, -0.1) is 11.3 Å². The summed E-state index contributed by atoms with van der Waals surface area (Å²) >= 11 is 5.00. The Balaban J connectivity index is 1.86. The van der Waals surface area contributed by atoms with Gasteiger partial charge >= 0.3 is 0 Å². The molecule has 0 saturated heterocycles. The van der Waals surface area contributed by atoms with E-state index < -0.39 is 0 Å². The number of anilines is 1. The summed E-state index contributed by atoms with van der Waals surface area (Å²) in [4.78, 5) is 1.20. The highest BCUT2D eigenvalue weighted by molar-refractivity contribution is 9.10. The van der Waals surface area contributed by atoms with E-state index in [1.54, 1.807) is 17.4 Å². The largest absolute Gasteiger partial charge is 0.375 e. The van der Waals surface area contributed by atoms with Gasteiger partial charge in [0.25, 0.3) is 0 Å². The molecule has 3 aromatic rings. The number of fused-ring (bicyclic) bond motifs is 1. The van der Waals surface area contributed by atoms with Gasteiger partial charge in [0.05, 0.1) is 11.7 Å². The number of halogens is 2. The number of thiophene rings is 1. The van der Waals surface area contributed by atoms with Crippen LogP contribution in [0.2, 0.25) is 0 Å². The Morgan fingerprint density at radius 2 is 1.95 bits per heavy atom. The molecule has 3 rings (SSSR count). The Morgan fingerprint density at radius 3 is 2.70 bits per heavy atom. The molecule has 0 radical (unpaired) electrons. The van der Waals surface area contributed by atoms with E-state index in [1.807, 2.05) is 25.1 Å². The average molecular weight is 350 g/mol. The quantitative estimate of drug-likeness (QED) is 0.613. The zero-order valence-corrected chi connectivity index (χ0v) is 13.3. The summed E-state index contributed by atoms with van der Waals surface area (Å²) in [5.74, 6) is -0.243. The lowest BCUT2D eigenvalue weighted by Crippen LogP contribution is -2.06. The first-order valence-corrected chi connectivity index (χ1v) is 7.94. The van der Waals surface area contributed by atoms with E-state index in [-0.39, 0.29) is 11.9 Å². The van der Waals surface area contributed by atoms with Crippen molar-refractivity contribution in [3.63, 3.8) is 0 Å². The van der Waals surface area contributed by atoms with Gasteiger partial charge in [-0.1, -0.05) is 34.1 Å². The Hall–Kier alpha value is -1.39. The molecule has 0 bridgehead atoms. The lowest BCUT2D eigenvalue weighted by atomic mass is 10.2. The van der Waals surface area contributed by atoms with Crippen LogP contribution in [0, 0.1) is 5.82 Å². The van der Waals surface area contributed by atoms with E-state index in [4.69, 9.17) is 0 Å². The van der Waals surface area contributed by atoms with Crippen molar-refractivity contribution >= 4 is 43.0 Å². The van der Waals surface area contributed by atoms with E-state index >= 15 is 0 Å². The maximum atomic E-state index is 13.8. The molecule has 1 atom stereocenters. The van der Waals surface area contributed by atoms with Crippen molar-refractivity contribution in [2.24, 2.45) is 0 Å². The van der Waals surface area contributed by atoms with Crippen LogP contribution in [-0.2, 0) is 0 Å². The molecule has 1 unspecified atom stereocenters. The Bertz CT molecular complexity index is 720. The van der Waals surface area contributed by atoms with Gasteiger partial charge in [0.2, 0.25) is 0 Å². The molecule has 1 nitrogen and oxygen atoms in total. The van der Waals surface area contributed by atoms with Crippen LogP contribution < -0.4 is 5.32 Å². The van der Waals surface area contributed by atoms with Crippen LogP contribution >= 0.6 is 27.3 Å². The van der Waals surface area contributed by atoms with Crippen molar-refractivity contribution in [1.82, 2.24) is 0 Å². The lowest BCUT2D eigenvalue weighted by molar-refractivity contribution is 0.627. The molecule has 0 amide bonds. The van der Waals surface area contributed by atoms with E-state index in [1.165, 1.54) is 21.0 Å². The van der Waals surface area contributed by atoms with Gasteiger partial charge < -0.3 is 5.32 Å². The lowest BCUT2D eigenvalue weighted by Gasteiger charge is -2.14. The van der Waals surface area contributed by atoms with Crippen LogP contribution in [0.4, 0.5) is 10.1 Å². The Labute approximate surface area is 129 Å². The van der Waals surface area contributed by atoms with Gasteiger partial charge in [-0.05, 0) is 42.6 Å². The average Bonchev–Trinajstić information content (AvgIpc) is 2.86. The zero-order chi connectivity index (χ0) is 14.1. The molecule has 102 valence electrons. The molecule has 0 saturated carbocycles. The second-order valence-electron chi connectivity index (χ2n) is 4.68. The number of hydrogen-bond acceptors (Lipinski definition) is 2. The van der Waals surface area contributed by atoms with Crippen molar-refractivity contribution in [3.05, 3.63) is 63.7 Å². The molecule has 0 aliphatic heterocycles. The minimum absolute atomic E-state index is 0.0723. The number of benzene rings is 2. The molecule has 1 N–H and O–H groups in total. The standard InChI is InChI=1S/C16H13BrFNS/c1-10(19-14-7-6-12(17)9-13(14)18)16-8-11-4-2-3-5-15(11)20-16/h2-10,19H,1H3. The highest BCUT2D eigenvalue weighted by Crippen LogP contribution is 2.32. The first-order valence-electron chi connectivity index (χ1n) is 6.33. The zero-order valence-electron chi connectivity index (χ0n) is 10.9. The van der Waals surface area contributed by atoms with Crippen molar-refractivity contribution < 1.29 is 4.39 Å². The topological polar surface area (TPSA) is 12.0 Å². The summed E-state index contributed by atoms with van der Waals surface area (Å²) < 4.78 is 15.8. The third kappa shape index (κ3) is 2.72. The summed E-state index contributed by atoms with van der Waals surface area (Å²) in [7, 11) is 0. The van der Waals surface area contributed by atoms with Gasteiger partial charge in [0.1, 0.15) is 5.82 Å². The maximum Gasteiger partial charge on any atom is 0.147 e. The third-order valence-electron chi connectivity index (χ3n) is 3.17. The molecule has 0 aliphatic rings. The van der Waals surface area contributed by atoms with Gasteiger partial charge in [0, 0.05) is 14.0 Å². The third-order valence-corrected chi connectivity index (χ3v) is 4.97. The van der Waals surface area contributed by atoms with Gasteiger partial charge in [-0.25, -0.2) is 4.39 Å². The molecule has 1 heterocycles. The molecule has 0 aliphatic carbocycles. The second-order valence-corrected chi connectivity index (χ2v) is 6.71. The van der Waals surface area contributed by atoms with E-state index in [9.17, 15) is 4.39 Å². The molecule has 0 spiro atoms. The van der Waals surface area contributed by atoms with Gasteiger partial charge in [-0.3, -0.25) is 0 Å². The Morgan fingerprint density at radius 1 is 1.15 bits per heavy atom. The number of hydrogen-bond donors (Lipinski definition) is 1. The minimum Gasteiger partial charge on any atom is -0.375 e. The fraction of sp³-hybridized carbons (Fsp3) is 0.125. The number of rotatable bonds is 3. The molecule has 20 heavy (non-hydrogen) atoms. The SMILES string of the molecule is CC(Nc1ccc(Br)cc1F)c1cc2ccccc2s1. The molecule has 2 aromatic carbocycles. The van der Waals surface area contributed by atoms with E-state index in [0.717, 1.165) is 4.47 Å². The Kier molecular flexibility index (Phi) is 3.76. The molecule has 4 heteroatoms. The van der Waals surface area contributed by atoms with Crippen LogP contribution in [0.5, 0.6) is 0 Å². The second kappa shape index (κ2) is 5.54. The van der Waals surface area contributed by atoms with Crippen LogP contribution in [-0.4, -0.2) is 0 Å². The van der Waals surface area contributed by atoms with Crippen molar-refractivity contribution in [3.8, 4) is 0 Å². The van der Waals surface area contributed by atoms with Crippen molar-refractivity contribution in [2.75, 3.05) is 5.32 Å². The monoisotopic (exact) mass is 349 g/mol. The van der Waals surface area contributed by atoms with Gasteiger partial charge in [0.15, 0.2) is 0 Å². The summed E-state index contributed by atoms with van der Waals surface area (Å²) in [5, 5.41) is 4.46. The first kappa shape index (κ1) is 13.6. The summed E-state index contributed by atoms with van der Waals surface area (Å²) in [6.45, 7) is 2.05. The van der Waals surface area contributed by atoms with E-state index in [0.29, 0.717) is 5.69 Å². The molecular weight excluding hydrogens is 337 g/mol. The maximum absolute atomic E-state index is 13.8. The molecule has 1 aromatic heterocycles. The highest BCUT2D eigenvalue weighted by Gasteiger charge is 2.11. The smallest absolute Gasteiger partial charge is 0.147 e. The van der Waals surface area contributed by atoms with Crippen LogP contribution in [0.1, 0.15) is 17.8 Å². The molecule has 0 fully saturated rings.